The summed E-state index contributed by atoms with van der Waals surface area (Å²) in [6, 6.07) is 0.407. The van der Waals surface area contributed by atoms with Gasteiger partial charge in [0.15, 0.2) is 0 Å². The Morgan fingerprint density at radius 2 is 2.20 bits per heavy atom. The van der Waals surface area contributed by atoms with Crippen molar-refractivity contribution < 1.29 is 4.74 Å². The number of hydrogen-bond acceptors (Lipinski definition) is 3. The van der Waals surface area contributed by atoms with Crippen molar-refractivity contribution in [2.24, 2.45) is 13.0 Å². The van der Waals surface area contributed by atoms with E-state index >= 15 is 0 Å². The third kappa shape index (κ3) is 2.40. The molecule has 0 aromatic carbocycles. The van der Waals surface area contributed by atoms with Crippen LogP contribution in [0.4, 0.5) is 0 Å². The Kier molecular flexibility index (Phi) is 3.87. The van der Waals surface area contributed by atoms with Gasteiger partial charge in [0.25, 0.3) is 0 Å². The maximum Gasteiger partial charge on any atom is 0.0686 e. The first-order chi connectivity index (χ1) is 9.65. The van der Waals surface area contributed by atoms with Crippen LogP contribution in [0.2, 0.25) is 0 Å². The van der Waals surface area contributed by atoms with Gasteiger partial charge in [0.05, 0.1) is 11.8 Å². The molecule has 1 aliphatic heterocycles. The lowest BCUT2D eigenvalue weighted by molar-refractivity contribution is -0.0979. The van der Waals surface area contributed by atoms with Gasteiger partial charge in [0.2, 0.25) is 0 Å². The van der Waals surface area contributed by atoms with Gasteiger partial charge >= 0.3 is 0 Å². The molecule has 2 unspecified atom stereocenters. The van der Waals surface area contributed by atoms with Gasteiger partial charge in [0.1, 0.15) is 0 Å². The Bertz CT molecular complexity index is 462. The molecular weight excluding hydrogens is 250 g/mol. The smallest absolute Gasteiger partial charge is 0.0686 e. The number of hydrogen-bond donors (Lipinski definition) is 1. The van der Waals surface area contributed by atoms with Crippen molar-refractivity contribution in [1.82, 2.24) is 15.1 Å². The predicted octanol–water partition coefficient (Wildman–Crippen LogP) is 2.73. The molecule has 1 spiro atoms. The second-order valence-corrected chi connectivity index (χ2v) is 6.57. The van der Waals surface area contributed by atoms with Gasteiger partial charge in [-0.1, -0.05) is 12.8 Å². The molecule has 2 atom stereocenters. The number of aromatic nitrogens is 2. The molecule has 112 valence electrons. The van der Waals surface area contributed by atoms with E-state index < -0.39 is 0 Å². The Morgan fingerprint density at radius 3 is 2.80 bits per heavy atom. The molecule has 1 saturated heterocycles. The van der Waals surface area contributed by atoms with E-state index in [1.165, 1.54) is 43.4 Å². The molecule has 1 aromatic rings. The number of nitrogens with zero attached hydrogens (tertiary/aromatic N) is 2. The average Bonchev–Trinajstić information content (AvgIpc) is 3.02. The van der Waals surface area contributed by atoms with Crippen molar-refractivity contribution >= 4 is 0 Å². The molecule has 2 aliphatic rings. The van der Waals surface area contributed by atoms with Crippen LogP contribution in [0.5, 0.6) is 0 Å². The van der Waals surface area contributed by atoms with Crippen LogP contribution in [0.15, 0.2) is 6.20 Å². The minimum Gasteiger partial charge on any atom is -0.375 e. The topological polar surface area (TPSA) is 39.1 Å². The Hall–Kier alpha value is -0.870. The van der Waals surface area contributed by atoms with Gasteiger partial charge < -0.3 is 10.1 Å². The highest BCUT2D eigenvalue weighted by Crippen LogP contribution is 2.45. The molecule has 2 heterocycles. The monoisotopic (exact) mass is 277 g/mol. The van der Waals surface area contributed by atoms with Crippen molar-refractivity contribution in [3.05, 3.63) is 17.5 Å². The minimum absolute atomic E-state index is 0.189. The molecule has 20 heavy (non-hydrogen) atoms. The van der Waals surface area contributed by atoms with Crippen LogP contribution in [0.3, 0.4) is 0 Å². The highest BCUT2D eigenvalue weighted by Gasteiger charge is 2.42. The second kappa shape index (κ2) is 5.49. The van der Waals surface area contributed by atoms with Crippen LogP contribution < -0.4 is 5.32 Å². The van der Waals surface area contributed by atoms with Gasteiger partial charge in [0, 0.05) is 31.0 Å². The van der Waals surface area contributed by atoms with Crippen LogP contribution in [-0.4, -0.2) is 29.0 Å². The first-order valence-electron chi connectivity index (χ1n) is 7.95. The molecule has 1 saturated carbocycles. The fourth-order valence-corrected chi connectivity index (χ4v) is 4.18. The zero-order chi connectivity index (χ0) is 14.2. The largest absolute Gasteiger partial charge is 0.375 e. The highest BCUT2D eigenvalue weighted by molar-refractivity contribution is 5.22. The molecular formula is C16H27N3O. The summed E-state index contributed by atoms with van der Waals surface area (Å²) in [4.78, 5) is 0. The van der Waals surface area contributed by atoms with E-state index in [1.807, 2.05) is 17.9 Å². The maximum atomic E-state index is 6.17. The van der Waals surface area contributed by atoms with Crippen molar-refractivity contribution in [3.8, 4) is 0 Å². The van der Waals surface area contributed by atoms with Crippen LogP contribution in [0.25, 0.3) is 0 Å². The molecule has 1 N–H and O–H groups in total. The number of aryl methyl sites for hydroxylation is 1. The third-order valence-corrected chi connectivity index (χ3v) is 5.44. The number of rotatable bonds is 3. The lowest BCUT2D eigenvalue weighted by Gasteiger charge is -2.41. The van der Waals surface area contributed by atoms with Crippen molar-refractivity contribution in [3.63, 3.8) is 0 Å². The Labute approximate surface area is 121 Å². The molecule has 1 aromatic heterocycles. The number of nitrogens with one attached hydrogen (secondary N) is 1. The van der Waals surface area contributed by atoms with Crippen LogP contribution >= 0.6 is 0 Å². The van der Waals surface area contributed by atoms with Gasteiger partial charge in [-0.25, -0.2) is 0 Å². The average molecular weight is 277 g/mol. The first-order valence-corrected chi connectivity index (χ1v) is 7.95. The van der Waals surface area contributed by atoms with Crippen LogP contribution in [0.1, 0.15) is 55.8 Å². The van der Waals surface area contributed by atoms with Crippen LogP contribution in [0, 0.1) is 12.8 Å². The number of ether oxygens (including phenoxy) is 1. The van der Waals surface area contributed by atoms with E-state index in [4.69, 9.17) is 4.74 Å². The quantitative estimate of drug-likeness (QED) is 0.923. The van der Waals surface area contributed by atoms with Crippen molar-refractivity contribution in [2.75, 3.05) is 13.7 Å². The fraction of sp³-hybridized carbons (Fsp3) is 0.812. The summed E-state index contributed by atoms with van der Waals surface area (Å²) in [5.74, 6) is 0.662. The van der Waals surface area contributed by atoms with E-state index in [-0.39, 0.29) is 5.60 Å². The SMILES string of the molecule is CNC(c1cnn(C)c1C)C1CCOC2(CCCC2)C1. The normalized spacial score (nSPS) is 27.1. The summed E-state index contributed by atoms with van der Waals surface area (Å²) >= 11 is 0. The molecule has 0 radical (unpaired) electrons. The standard InChI is InChI=1S/C16H27N3O/c1-12-14(11-18-19(12)3)15(17-2)13-6-9-20-16(10-13)7-4-5-8-16/h11,13,15,17H,4-10H2,1-3H3. The molecule has 0 bridgehead atoms. The molecule has 4 heteroatoms. The third-order valence-electron chi connectivity index (χ3n) is 5.44. The summed E-state index contributed by atoms with van der Waals surface area (Å²) < 4.78 is 8.15. The van der Waals surface area contributed by atoms with E-state index in [0.29, 0.717) is 12.0 Å². The molecule has 2 fully saturated rings. The lowest BCUT2D eigenvalue weighted by Crippen LogP contribution is -2.41. The lowest BCUT2D eigenvalue weighted by atomic mass is 9.78. The molecule has 0 amide bonds. The van der Waals surface area contributed by atoms with E-state index in [9.17, 15) is 0 Å². The summed E-state index contributed by atoms with van der Waals surface area (Å²) in [6.07, 6.45) is 9.57. The Balaban J connectivity index is 1.80. The van der Waals surface area contributed by atoms with E-state index in [0.717, 1.165) is 13.0 Å². The van der Waals surface area contributed by atoms with Crippen molar-refractivity contribution in [2.45, 2.75) is 57.1 Å². The highest BCUT2D eigenvalue weighted by atomic mass is 16.5. The molecule has 3 rings (SSSR count). The second-order valence-electron chi connectivity index (χ2n) is 6.57. The molecule has 1 aliphatic carbocycles. The minimum atomic E-state index is 0.189. The fourth-order valence-electron chi connectivity index (χ4n) is 4.18. The van der Waals surface area contributed by atoms with Gasteiger partial charge in [-0.2, -0.15) is 5.10 Å². The van der Waals surface area contributed by atoms with Gasteiger partial charge in [-0.15, -0.1) is 0 Å². The first kappa shape index (κ1) is 14.1. The summed E-state index contributed by atoms with van der Waals surface area (Å²) in [6.45, 7) is 3.08. The van der Waals surface area contributed by atoms with E-state index in [2.05, 4.69) is 24.4 Å². The Morgan fingerprint density at radius 1 is 1.45 bits per heavy atom. The predicted molar refractivity (Wildman–Crippen MR) is 79.6 cm³/mol. The maximum absolute atomic E-state index is 6.17. The van der Waals surface area contributed by atoms with Gasteiger partial charge in [-0.05, 0) is 45.6 Å². The zero-order valence-electron chi connectivity index (χ0n) is 13.0. The van der Waals surface area contributed by atoms with Crippen molar-refractivity contribution in [1.29, 1.82) is 0 Å². The summed E-state index contributed by atoms with van der Waals surface area (Å²) in [7, 11) is 4.10. The molecule has 4 nitrogen and oxygen atoms in total. The summed E-state index contributed by atoms with van der Waals surface area (Å²) in [5, 5.41) is 7.95. The van der Waals surface area contributed by atoms with Crippen LogP contribution in [-0.2, 0) is 11.8 Å². The van der Waals surface area contributed by atoms with Gasteiger partial charge in [-0.3, -0.25) is 4.68 Å². The summed E-state index contributed by atoms with van der Waals surface area (Å²) in [5.41, 5.74) is 2.82. The zero-order valence-corrected chi connectivity index (χ0v) is 13.0. The van der Waals surface area contributed by atoms with E-state index in [1.54, 1.807) is 0 Å².